The maximum absolute atomic E-state index is 12.4. The van der Waals surface area contributed by atoms with Crippen molar-refractivity contribution in [1.29, 1.82) is 0 Å². The Morgan fingerprint density at radius 1 is 1.43 bits per heavy atom. The highest BCUT2D eigenvalue weighted by Gasteiger charge is 2.57. The Morgan fingerprint density at radius 3 is 2.81 bits per heavy atom. The number of carboxylic acids is 1. The molecule has 0 saturated heterocycles. The van der Waals surface area contributed by atoms with E-state index in [1.54, 1.807) is 17.4 Å². The smallest absolute Gasteiger partial charge is 0.328 e. The second-order valence-electron chi connectivity index (χ2n) is 6.00. The van der Waals surface area contributed by atoms with Crippen molar-refractivity contribution in [2.75, 3.05) is 7.05 Å². The van der Waals surface area contributed by atoms with E-state index in [-0.39, 0.29) is 11.8 Å². The SMILES string of the molecule is CN(Cc1cc(/C=C/C(=O)O)cs1)C(=O)C1C2CCCC21. The summed E-state index contributed by atoms with van der Waals surface area (Å²) in [4.78, 5) is 25.8. The molecule has 2 fully saturated rings. The molecule has 1 aromatic heterocycles. The van der Waals surface area contributed by atoms with Crippen LogP contribution in [-0.2, 0) is 16.1 Å². The minimum absolute atomic E-state index is 0.273. The van der Waals surface area contributed by atoms with Crippen molar-refractivity contribution < 1.29 is 14.7 Å². The second-order valence-corrected chi connectivity index (χ2v) is 6.99. The minimum atomic E-state index is -0.949. The topological polar surface area (TPSA) is 57.6 Å². The summed E-state index contributed by atoms with van der Waals surface area (Å²) < 4.78 is 0. The third-order valence-electron chi connectivity index (χ3n) is 4.55. The summed E-state index contributed by atoms with van der Waals surface area (Å²) in [5.41, 5.74) is 0.876. The molecule has 21 heavy (non-hydrogen) atoms. The van der Waals surface area contributed by atoms with E-state index in [4.69, 9.17) is 5.11 Å². The monoisotopic (exact) mass is 305 g/mol. The summed E-state index contributed by atoms with van der Waals surface area (Å²) in [5.74, 6) is 0.904. The van der Waals surface area contributed by atoms with Crippen LogP contribution in [0.2, 0.25) is 0 Å². The number of fused-ring (bicyclic) bond motifs is 1. The van der Waals surface area contributed by atoms with E-state index in [1.165, 1.54) is 19.3 Å². The largest absolute Gasteiger partial charge is 0.478 e. The van der Waals surface area contributed by atoms with Crippen LogP contribution in [0, 0.1) is 17.8 Å². The summed E-state index contributed by atoms with van der Waals surface area (Å²) in [6, 6.07) is 1.95. The quantitative estimate of drug-likeness (QED) is 0.851. The number of hydrogen-bond acceptors (Lipinski definition) is 3. The Labute approximate surface area is 128 Å². The lowest BCUT2D eigenvalue weighted by Gasteiger charge is -2.17. The number of carboxylic acid groups (broad SMARTS) is 1. The van der Waals surface area contributed by atoms with Crippen LogP contribution >= 0.6 is 11.3 Å². The van der Waals surface area contributed by atoms with Crippen molar-refractivity contribution in [2.24, 2.45) is 17.8 Å². The van der Waals surface area contributed by atoms with Gasteiger partial charge in [-0.2, -0.15) is 0 Å². The number of nitrogens with zero attached hydrogens (tertiary/aromatic N) is 1. The number of hydrogen-bond donors (Lipinski definition) is 1. The highest BCUT2D eigenvalue weighted by atomic mass is 32.1. The first kappa shape index (κ1) is 14.3. The molecule has 5 heteroatoms. The lowest BCUT2D eigenvalue weighted by molar-refractivity contribution is -0.133. The Bertz CT molecular complexity index is 582. The molecule has 1 amide bonds. The number of aliphatic carboxylic acids is 1. The third kappa shape index (κ3) is 3.02. The van der Waals surface area contributed by atoms with Gasteiger partial charge in [-0.15, -0.1) is 11.3 Å². The highest BCUT2D eigenvalue weighted by Crippen LogP contribution is 2.58. The molecule has 112 valence electrons. The predicted octanol–water partition coefficient (Wildman–Crippen LogP) is 2.85. The van der Waals surface area contributed by atoms with Crippen LogP contribution in [-0.4, -0.2) is 28.9 Å². The van der Waals surface area contributed by atoms with E-state index in [0.717, 1.165) is 16.5 Å². The molecule has 0 bridgehead atoms. The predicted molar refractivity (Wildman–Crippen MR) is 81.8 cm³/mol. The van der Waals surface area contributed by atoms with E-state index in [9.17, 15) is 9.59 Å². The average Bonchev–Trinajstić information content (AvgIpc) is 2.84. The molecular weight excluding hydrogens is 286 g/mol. The van der Waals surface area contributed by atoms with Gasteiger partial charge >= 0.3 is 5.97 Å². The maximum Gasteiger partial charge on any atom is 0.328 e. The number of carbonyl (C=O) groups excluding carboxylic acids is 1. The lowest BCUT2D eigenvalue weighted by Crippen LogP contribution is -2.28. The van der Waals surface area contributed by atoms with Gasteiger partial charge in [0.15, 0.2) is 0 Å². The van der Waals surface area contributed by atoms with E-state index >= 15 is 0 Å². The molecule has 2 atom stereocenters. The van der Waals surface area contributed by atoms with Gasteiger partial charge in [0.05, 0.1) is 6.54 Å². The van der Waals surface area contributed by atoms with Gasteiger partial charge in [-0.1, -0.05) is 6.42 Å². The van der Waals surface area contributed by atoms with Crippen molar-refractivity contribution in [3.8, 4) is 0 Å². The van der Waals surface area contributed by atoms with Gasteiger partial charge < -0.3 is 10.0 Å². The summed E-state index contributed by atoms with van der Waals surface area (Å²) >= 11 is 1.56. The van der Waals surface area contributed by atoms with Crippen molar-refractivity contribution >= 4 is 29.3 Å². The lowest BCUT2D eigenvalue weighted by atomic mass is 10.1. The molecule has 0 radical (unpaired) electrons. The summed E-state index contributed by atoms with van der Waals surface area (Å²) in [7, 11) is 1.86. The van der Waals surface area contributed by atoms with Gasteiger partial charge in [0, 0.05) is 23.9 Å². The molecule has 1 heterocycles. The number of amides is 1. The fourth-order valence-corrected chi connectivity index (χ4v) is 4.40. The molecule has 3 rings (SSSR count). The van der Waals surface area contributed by atoms with Crippen LogP contribution in [0.5, 0.6) is 0 Å². The van der Waals surface area contributed by atoms with E-state index in [1.807, 2.05) is 23.4 Å². The normalized spacial score (nSPS) is 26.8. The van der Waals surface area contributed by atoms with Crippen LogP contribution < -0.4 is 0 Å². The first-order valence-corrected chi connectivity index (χ1v) is 8.17. The zero-order valence-electron chi connectivity index (χ0n) is 12.0. The van der Waals surface area contributed by atoms with Gasteiger partial charge in [-0.3, -0.25) is 4.79 Å². The van der Waals surface area contributed by atoms with Crippen molar-refractivity contribution in [3.05, 3.63) is 28.0 Å². The molecule has 2 unspecified atom stereocenters. The molecule has 0 aromatic carbocycles. The van der Waals surface area contributed by atoms with Gasteiger partial charge in [0.2, 0.25) is 5.91 Å². The molecule has 4 nitrogen and oxygen atoms in total. The number of rotatable bonds is 5. The van der Waals surface area contributed by atoms with Gasteiger partial charge in [-0.25, -0.2) is 4.79 Å². The Balaban J connectivity index is 1.56. The maximum atomic E-state index is 12.4. The molecule has 0 spiro atoms. The standard InChI is InChI=1S/C16H19NO3S/c1-17(16(20)15-12-3-2-4-13(12)15)8-11-7-10(9-21-11)5-6-14(18)19/h5-7,9,12-13,15H,2-4,8H2,1H3,(H,18,19)/b6-5+. The van der Waals surface area contributed by atoms with Gasteiger partial charge in [0.1, 0.15) is 0 Å². The van der Waals surface area contributed by atoms with E-state index in [0.29, 0.717) is 18.4 Å². The molecule has 2 aliphatic carbocycles. The molecular formula is C16H19NO3S. The average molecular weight is 305 g/mol. The van der Waals surface area contributed by atoms with Crippen LogP contribution in [0.15, 0.2) is 17.5 Å². The second kappa shape index (κ2) is 5.64. The number of carbonyl (C=O) groups is 2. The molecule has 2 aliphatic rings. The van der Waals surface area contributed by atoms with E-state index < -0.39 is 5.97 Å². The minimum Gasteiger partial charge on any atom is -0.478 e. The van der Waals surface area contributed by atoms with E-state index in [2.05, 4.69) is 0 Å². The van der Waals surface area contributed by atoms with Crippen molar-refractivity contribution in [3.63, 3.8) is 0 Å². The van der Waals surface area contributed by atoms with Gasteiger partial charge in [-0.05, 0) is 47.8 Å². The van der Waals surface area contributed by atoms with Crippen LogP contribution in [0.25, 0.3) is 6.08 Å². The first-order valence-electron chi connectivity index (χ1n) is 7.29. The number of thiophene rings is 1. The fourth-order valence-electron chi connectivity index (χ4n) is 3.49. The van der Waals surface area contributed by atoms with Gasteiger partial charge in [0.25, 0.3) is 0 Å². The molecule has 2 saturated carbocycles. The molecule has 1 aromatic rings. The summed E-state index contributed by atoms with van der Waals surface area (Å²) in [6.07, 6.45) is 6.44. The zero-order valence-corrected chi connectivity index (χ0v) is 12.8. The van der Waals surface area contributed by atoms with Crippen molar-refractivity contribution in [1.82, 2.24) is 4.90 Å². The zero-order chi connectivity index (χ0) is 15.0. The molecule has 0 aliphatic heterocycles. The van der Waals surface area contributed by atoms with Crippen LogP contribution in [0.4, 0.5) is 0 Å². The summed E-state index contributed by atoms with van der Waals surface area (Å²) in [5, 5.41) is 10.5. The summed E-state index contributed by atoms with van der Waals surface area (Å²) in [6.45, 7) is 0.611. The van der Waals surface area contributed by atoms with Crippen LogP contribution in [0.1, 0.15) is 29.7 Å². The highest BCUT2D eigenvalue weighted by molar-refractivity contribution is 7.10. The Hall–Kier alpha value is -1.62. The molecule has 1 N–H and O–H groups in total. The third-order valence-corrected chi connectivity index (χ3v) is 5.49. The fraction of sp³-hybridized carbons (Fsp3) is 0.500. The Kier molecular flexibility index (Phi) is 3.85. The Morgan fingerprint density at radius 2 is 2.14 bits per heavy atom. The van der Waals surface area contributed by atoms with Crippen molar-refractivity contribution in [2.45, 2.75) is 25.8 Å². The first-order chi connectivity index (χ1) is 10.1. The van der Waals surface area contributed by atoms with Crippen LogP contribution in [0.3, 0.4) is 0 Å².